The Morgan fingerprint density at radius 2 is 1.67 bits per heavy atom. The van der Waals surface area contributed by atoms with E-state index >= 15 is 4.39 Å². The summed E-state index contributed by atoms with van der Waals surface area (Å²) in [5, 5.41) is 8.48. The van der Waals surface area contributed by atoms with Gasteiger partial charge in [0.15, 0.2) is 11.6 Å². The van der Waals surface area contributed by atoms with Crippen molar-refractivity contribution in [2.45, 2.75) is 31.6 Å². The van der Waals surface area contributed by atoms with Gasteiger partial charge >= 0.3 is 0 Å². The van der Waals surface area contributed by atoms with Gasteiger partial charge in [-0.3, -0.25) is 19.4 Å². The van der Waals surface area contributed by atoms with Gasteiger partial charge in [-0.1, -0.05) is 0 Å². The van der Waals surface area contributed by atoms with Crippen LogP contribution < -0.4 is 25.4 Å². The molecule has 0 aliphatic heterocycles. The van der Waals surface area contributed by atoms with E-state index in [9.17, 15) is 18.8 Å². The second-order valence-corrected chi connectivity index (χ2v) is 10.7. The lowest BCUT2D eigenvalue weighted by molar-refractivity contribution is -0.131. The van der Waals surface area contributed by atoms with Gasteiger partial charge in [0.1, 0.15) is 22.7 Å². The van der Waals surface area contributed by atoms with E-state index in [1.165, 1.54) is 50.7 Å². The minimum Gasteiger partial charge on any atom is -0.496 e. The summed E-state index contributed by atoms with van der Waals surface area (Å²) in [6.07, 6.45) is 4.01. The molecule has 43 heavy (non-hydrogen) atoms. The molecular weight excluding hydrogens is 558 g/mol. The topological polar surface area (TPSA) is 119 Å². The quantitative estimate of drug-likeness (QED) is 0.210. The third kappa shape index (κ3) is 5.45. The van der Waals surface area contributed by atoms with Crippen LogP contribution in [0.4, 0.5) is 20.2 Å². The average molecular weight is 587 g/mol. The summed E-state index contributed by atoms with van der Waals surface area (Å²) < 4.78 is 40.2. The number of rotatable bonds is 9. The molecule has 1 aromatic heterocycles. The predicted molar refractivity (Wildman–Crippen MR) is 155 cm³/mol. The lowest BCUT2D eigenvalue weighted by Gasteiger charge is -2.18. The van der Waals surface area contributed by atoms with Gasteiger partial charge < -0.3 is 25.4 Å². The Morgan fingerprint density at radius 1 is 0.907 bits per heavy atom. The van der Waals surface area contributed by atoms with Crippen LogP contribution in [-0.4, -0.2) is 36.9 Å². The molecule has 9 nitrogen and oxygen atoms in total. The molecule has 3 N–H and O–H groups in total. The molecule has 0 saturated heterocycles. The molecule has 2 aliphatic rings. The molecule has 2 saturated carbocycles. The number of pyridine rings is 1. The lowest BCUT2D eigenvalue weighted by Crippen LogP contribution is -2.35. The molecule has 220 valence electrons. The fourth-order valence-electron chi connectivity index (χ4n) is 5.05. The van der Waals surface area contributed by atoms with Crippen LogP contribution in [0.25, 0.3) is 10.9 Å². The maximum Gasteiger partial charge on any atom is 0.254 e. The second kappa shape index (κ2) is 11.0. The first-order valence-electron chi connectivity index (χ1n) is 13.8. The van der Waals surface area contributed by atoms with Crippen LogP contribution in [0, 0.1) is 17.0 Å². The highest BCUT2D eigenvalue weighted by Gasteiger charge is 2.56. The van der Waals surface area contributed by atoms with Crippen molar-refractivity contribution in [2.24, 2.45) is 5.41 Å². The van der Waals surface area contributed by atoms with Crippen molar-refractivity contribution in [3.8, 4) is 17.2 Å². The van der Waals surface area contributed by atoms with E-state index in [1.54, 1.807) is 18.2 Å². The predicted octanol–water partition coefficient (Wildman–Crippen LogP) is 5.91. The molecule has 0 spiro atoms. The number of methoxy groups -OCH3 is 1. The summed E-state index contributed by atoms with van der Waals surface area (Å²) >= 11 is 0. The molecule has 0 atom stereocenters. The first kappa shape index (κ1) is 28.1. The zero-order chi connectivity index (χ0) is 30.3. The number of anilines is 2. The van der Waals surface area contributed by atoms with Crippen molar-refractivity contribution >= 4 is 40.0 Å². The molecule has 0 bridgehead atoms. The minimum absolute atomic E-state index is 0.120. The van der Waals surface area contributed by atoms with Gasteiger partial charge in [0.25, 0.3) is 5.91 Å². The summed E-state index contributed by atoms with van der Waals surface area (Å²) in [4.78, 5) is 43.0. The largest absolute Gasteiger partial charge is 0.496 e. The van der Waals surface area contributed by atoms with Crippen molar-refractivity contribution < 1.29 is 32.6 Å². The minimum atomic E-state index is -1.29. The van der Waals surface area contributed by atoms with Crippen molar-refractivity contribution in [2.75, 3.05) is 24.8 Å². The Bertz CT molecular complexity index is 1790. The van der Waals surface area contributed by atoms with Gasteiger partial charge in [0.05, 0.1) is 18.2 Å². The average Bonchev–Trinajstić information content (AvgIpc) is 3.92. The fraction of sp³-hybridized carbons (Fsp3) is 0.250. The maximum atomic E-state index is 15.2. The molecule has 3 aromatic carbocycles. The lowest BCUT2D eigenvalue weighted by atomic mass is 10.0. The standard InChI is InChI=1S/C32H28F2N4O5/c1-35-29(39)22-15-21-25(16-28(22)42-2)36-12-9-26(21)43-27-8-6-19(14-23(27)34)37-30(40)32(10-11-32)31(41)38-24-7-5-18(33)13-20(24)17-3-4-17/h5-9,12-17H,3-4,10-11H2,1-2H3,(H,35,39)(H,37,40)(H,38,41). The van der Waals surface area contributed by atoms with E-state index < -0.39 is 23.0 Å². The first-order valence-corrected chi connectivity index (χ1v) is 13.8. The molecule has 0 unspecified atom stereocenters. The highest BCUT2D eigenvalue weighted by Crippen LogP contribution is 2.49. The fourth-order valence-corrected chi connectivity index (χ4v) is 5.05. The van der Waals surface area contributed by atoms with Crippen LogP contribution in [0.5, 0.6) is 17.2 Å². The zero-order valence-corrected chi connectivity index (χ0v) is 23.4. The Hall–Kier alpha value is -5.06. The normalized spacial score (nSPS) is 15.0. The van der Waals surface area contributed by atoms with Crippen LogP contribution in [-0.2, 0) is 9.59 Å². The zero-order valence-electron chi connectivity index (χ0n) is 23.4. The highest BCUT2D eigenvalue weighted by atomic mass is 19.1. The van der Waals surface area contributed by atoms with E-state index in [4.69, 9.17) is 9.47 Å². The number of nitrogens with one attached hydrogen (secondary N) is 3. The SMILES string of the molecule is CNC(=O)c1cc2c(Oc3ccc(NC(=O)C4(C(=O)Nc5ccc(F)cc5C5CC5)CC4)cc3F)ccnc2cc1OC. The molecule has 11 heteroatoms. The molecule has 3 amide bonds. The highest BCUT2D eigenvalue weighted by molar-refractivity contribution is 6.17. The van der Waals surface area contributed by atoms with Crippen molar-refractivity contribution in [1.29, 1.82) is 0 Å². The molecule has 2 aliphatic carbocycles. The third-order valence-corrected chi connectivity index (χ3v) is 7.80. The summed E-state index contributed by atoms with van der Waals surface area (Å²) in [5.41, 5.74) is 0.832. The third-order valence-electron chi connectivity index (χ3n) is 7.80. The van der Waals surface area contributed by atoms with Gasteiger partial charge in [0, 0.05) is 42.1 Å². The molecule has 1 heterocycles. The van der Waals surface area contributed by atoms with Gasteiger partial charge in [-0.05, 0) is 79.6 Å². The van der Waals surface area contributed by atoms with Crippen molar-refractivity contribution in [3.63, 3.8) is 0 Å². The van der Waals surface area contributed by atoms with Gasteiger partial charge in [-0.2, -0.15) is 0 Å². The van der Waals surface area contributed by atoms with E-state index in [-0.39, 0.29) is 40.4 Å². The first-order chi connectivity index (χ1) is 20.7. The smallest absolute Gasteiger partial charge is 0.254 e. The Balaban J connectivity index is 1.18. The Morgan fingerprint density at radius 3 is 2.35 bits per heavy atom. The van der Waals surface area contributed by atoms with Crippen LogP contribution in [0.2, 0.25) is 0 Å². The van der Waals surface area contributed by atoms with E-state index in [0.717, 1.165) is 24.5 Å². The van der Waals surface area contributed by atoms with Crippen LogP contribution in [0.1, 0.15) is 47.5 Å². The monoisotopic (exact) mass is 586 g/mol. The van der Waals surface area contributed by atoms with E-state index in [2.05, 4.69) is 20.9 Å². The summed E-state index contributed by atoms with van der Waals surface area (Å²) in [6.45, 7) is 0. The number of carbonyl (C=O) groups is 3. The number of amides is 3. The van der Waals surface area contributed by atoms with Crippen LogP contribution in [0.15, 0.2) is 60.8 Å². The van der Waals surface area contributed by atoms with E-state index in [1.807, 2.05) is 0 Å². The number of nitrogens with zero attached hydrogens (tertiary/aromatic N) is 1. The summed E-state index contributed by atoms with van der Waals surface area (Å²) in [5.74, 6) is -1.87. The number of hydrogen-bond donors (Lipinski definition) is 3. The molecule has 6 rings (SSSR count). The van der Waals surface area contributed by atoms with E-state index in [0.29, 0.717) is 35.2 Å². The van der Waals surface area contributed by atoms with Gasteiger partial charge in [-0.15, -0.1) is 0 Å². The molecule has 2 fully saturated rings. The van der Waals surface area contributed by atoms with Crippen molar-refractivity contribution in [1.82, 2.24) is 10.3 Å². The van der Waals surface area contributed by atoms with Crippen LogP contribution >= 0.6 is 0 Å². The van der Waals surface area contributed by atoms with Gasteiger partial charge in [0.2, 0.25) is 11.8 Å². The maximum absolute atomic E-state index is 15.2. The number of halogens is 2. The summed E-state index contributed by atoms with van der Waals surface area (Å²) in [7, 11) is 2.94. The number of fused-ring (bicyclic) bond motifs is 1. The number of carbonyl (C=O) groups excluding carboxylic acids is 3. The molecular formula is C32H28F2N4O5. The Kier molecular flexibility index (Phi) is 7.17. The van der Waals surface area contributed by atoms with Crippen LogP contribution in [0.3, 0.4) is 0 Å². The van der Waals surface area contributed by atoms with Crippen molar-refractivity contribution in [3.05, 3.63) is 83.6 Å². The number of aromatic nitrogens is 1. The molecule has 0 radical (unpaired) electrons. The Labute approximate surface area is 245 Å². The van der Waals surface area contributed by atoms with Gasteiger partial charge in [-0.25, -0.2) is 8.78 Å². The number of ether oxygens (including phenoxy) is 2. The number of benzene rings is 3. The summed E-state index contributed by atoms with van der Waals surface area (Å²) in [6, 6.07) is 12.8. The number of hydrogen-bond acceptors (Lipinski definition) is 6. The molecule has 4 aromatic rings. The second-order valence-electron chi connectivity index (χ2n) is 10.7.